The topological polar surface area (TPSA) is 93.8 Å². The van der Waals surface area contributed by atoms with E-state index < -0.39 is 5.91 Å². The number of fused-ring (bicyclic) bond motifs is 1. The lowest BCUT2D eigenvalue weighted by Gasteiger charge is -2.07. The van der Waals surface area contributed by atoms with Crippen molar-refractivity contribution in [2.75, 3.05) is 5.32 Å². The predicted molar refractivity (Wildman–Crippen MR) is 108 cm³/mol. The van der Waals surface area contributed by atoms with Gasteiger partial charge in [0, 0.05) is 21.5 Å². The van der Waals surface area contributed by atoms with E-state index in [1.54, 1.807) is 12.4 Å². The number of amides is 1. The molecule has 0 unspecified atom stereocenters. The number of rotatable bonds is 5. The maximum absolute atomic E-state index is 11.4. The van der Waals surface area contributed by atoms with Gasteiger partial charge in [0.15, 0.2) is 5.82 Å². The van der Waals surface area contributed by atoms with Crippen LogP contribution in [0.15, 0.2) is 54.9 Å². The summed E-state index contributed by atoms with van der Waals surface area (Å²) >= 11 is 7.66. The Morgan fingerprint density at radius 2 is 2.07 bits per heavy atom. The zero-order chi connectivity index (χ0) is 18.8. The average molecular weight is 396 g/mol. The van der Waals surface area contributed by atoms with Gasteiger partial charge in [-0.05, 0) is 35.9 Å². The molecule has 0 saturated heterocycles. The van der Waals surface area contributed by atoms with Gasteiger partial charge in [-0.15, -0.1) is 16.4 Å². The van der Waals surface area contributed by atoms with Crippen molar-refractivity contribution in [3.05, 3.63) is 65.6 Å². The fraction of sp³-hybridized carbons (Fsp3) is 0.0526. The molecule has 0 aliphatic heterocycles. The minimum Gasteiger partial charge on any atom is -0.369 e. The molecular weight excluding hydrogens is 382 g/mol. The highest BCUT2D eigenvalue weighted by molar-refractivity contribution is 7.22. The van der Waals surface area contributed by atoms with Crippen molar-refractivity contribution < 1.29 is 4.79 Å². The molecule has 1 aromatic carbocycles. The summed E-state index contributed by atoms with van der Waals surface area (Å²) < 4.78 is 0.866. The molecular formula is C19H14ClN5OS. The van der Waals surface area contributed by atoms with Crippen LogP contribution < -0.4 is 11.1 Å². The largest absolute Gasteiger partial charge is 0.369 e. The Morgan fingerprint density at radius 3 is 2.81 bits per heavy atom. The van der Waals surface area contributed by atoms with Crippen molar-refractivity contribution in [1.82, 2.24) is 15.2 Å². The summed E-state index contributed by atoms with van der Waals surface area (Å²) in [5.41, 5.74) is 7.72. The monoisotopic (exact) mass is 395 g/mol. The lowest BCUT2D eigenvalue weighted by atomic mass is 10.1. The predicted octanol–water partition coefficient (Wildman–Crippen LogP) is 4.18. The lowest BCUT2D eigenvalue weighted by Crippen LogP contribution is -2.15. The third-order valence-electron chi connectivity index (χ3n) is 3.90. The number of hydrogen-bond donors (Lipinski definition) is 2. The summed E-state index contributed by atoms with van der Waals surface area (Å²) in [5, 5.41) is 13.2. The van der Waals surface area contributed by atoms with E-state index in [-0.39, 0.29) is 6.42 Å². The molecule has 0 spiro atoms. The average Bonchev–Trinajstić information content (AvgIpc) is 3.10. The van der Waals surface area contributed by atoms with Crippen molar-refractivity contribution in [2.24, 2.45) is 5.73 Å². The molecule has 27 heavy (non-hydrogen) atoms. The SMILES string of the molecule is NC(=O)Cc1nnc(Nc2cccnc2)c2cc(-c3cccc(Cl)c3)sc12. The van der Waals surface area contributed by atoms with Crippen LogP contribution in [0.2, 0.25) is 5.02 Å². The molecule has 0 atom stereocenters. The van der Waals surface area contributed by atoms with Gasteiger partial charge in [-0.1, -0.05) is 23.7 Å². The van der Waals surface area contributed by atoms with Gasteiger partial charge in [0.05, 0.1) is 28.7 Å². The normalized spacial score (nSPS) is 10.9. The van der Waals surface area contributed by atoms with Crippen LogP contribution >= 0.6 is 22.9 Å². The minimum atomic E-state index is -0.448. The number of aromatic nitrogens is 3. The van der Waals surface area contributed by atoms with Gasteiger partial charge in [-0.25, -0.2) is 0 Å². The Morgan fingerprint density at radius 1 is 1.19 bits per heavy atom. The number of hydrogen-bond acceptors (Lipinski definition) is 6. The van der Waals surface area contributed by atoms with Crippen molar-refractivity contribution in [1.29, 1.82) is 0 Å². The molecule has 134 valence electrons. The van der Waals surface area contributed by atoms with Gasteiger partial charge >= 0.3 is 0 Å². The first-order valence-corrected chi connectivity index (χ1v) is 9.30. The van der Waals surface area contributed by atoms with Gasteiger partial charge in [-0.2, -0.15) is 5.10 Å². The van der Waals surface area contributed by atoms with E-state index >= 15 is 0 Å². The quantitative estimate of drug-likeness (QED) is 0.528. The van der Waals surface area contributed by atoms with Gasteiger partial charge in [0.1, 0.15) is 0 Å². The number of nitrogens with zero attached hydrogens (tertiary/aromatic N) is 3. The van der Waals surface area contributed by atoms with E-state index in [2.05, 4.69) is 20.5 Å². The first-order valence-electron chi connectivity index (χ1n) is 8.10. The first-order chi connectivity index (χ1) is 13.1. The standard InChI is InChI=1S/C19H14ClN5OS/c20-12-4-1-3-11(7-12)16-8-14-18(27-16)15(9-17(21)26)24-25-19(14)23-13-5-2-6-22-10-13/h1-8,10H,9H2,(H2,21,26)(H,23,25). The molecule has 4 rings (SSSR count). The van der Waals surface area contributed by atoms with E-state index in [1.807, 2.05) is 42.5 Å². The van der Waals surface area contributed by atoms with E-state index in [0.717, 1.165) is 26.2 Å². The van der Waals surface area contributed by atoms with Crippen molar-refractivity contribution >= 4 is 50.4 Å². The van der Waals surface area contributed by atoms with Crippen LogP contribution in [-0.4, -0.2) is 21.1 Å². The third kappa shape index (κ3) is 3.74. The summed E-state index contributed by atoms with van der Waals surface area (Å²) in [5.74, 6) is 0.145. The maximum Gasteiger partial charge on any atom is 0.223 e. The number of primary amides is 1. The fourth-order valence-electron chi connectivity index (χ4n) is 2.72. The summed E-state index contributed by atoms with van der Waals surface area (Å²) in [4.78, 5) is 16.5. The van der Waals surface area contributed by atoms with E-state index in [4.69, 9.17) is 17.3 Å². The highest BCUT2D eigenvalue weighted by atomic mass is 35.5. The third-order valence-corrected chi connectivity index (χ3v) is 5.36. The summed E-state index contributed by atoms with van der Waals surface area (Å²) in [7, 11) is 0. The molecule has 0 radical (unpaired) electrons. The van der Waals surface area contributed by atoms with Crippen molar-refractivity contribution in [3.8, 4) is 10.4 Å². The van der Waals surface area contributed by atoms with Crippen LogP contribution in [0.3, 0.4) is 0 Å². The summed E-state index contributed by atoms with van der Waals surface area (Å²) in [6.07, 6.45) is 3.44. The Kier molecular flexibility index (Phi) is 4.70. The smallest absolute Gasteiger partial charge is 0.223 e. The number of nitrogens with two attached hydrogens (primary N) is 1. The van der Waals surface area contributed by atoms with Crippen LogP contribution in [0.25, 0.3) is 20.5 Å². The van der Waals surface area contributed by atoms with Gasteiger partial charge in [0.2, 0.25) is 5.91 Å². The number of carbonyl (C=O) groups excluding carboxylic acids is 1. The molecule has 0 aliphatic carbocycles. The molecule has 0 fully saturated rings. The molecule has 3 aromatic heterocycles. The Hall–Kier alpha value is -3.03. The lowest BCUT2D eigenvalue weighted by molar-refractivity contribution is -0.117. The summed E-state index contributed by atoms with van der Waals surface area (Å²) in [6.45, 7) is 0. The number of nitrogens with one attached hydrogen (secondary N) is 1. The molecule has 8 heteroatoms. The molecule has 3 N–H and O–H groups in total. The number of pyridine rings is 1. The van der Waals surface area contributed by atoms with Crippen LogP contribution in [0.5, 0.6) is 0 Å². The van der Waals surface area contributed by atoms with Gasteiger partial charge in [-0.3, -0.25) is 9.78 Å². The number of benzene rings is 1. The minimum absolute atomic E-state index is 0.0339. The van der Waals surface area contributed by atoms with Crippen LogP contribution in [0.1, 0.15) is 5.69 Å². The zero-order valence-corrected chi connectivity index (χ0v) is 15.6. The van der Waals surface area contributed by atoms with Crippen molar-refractivity contribution in [2.45, 2.75) is 6.42 Å². The molecule has 0 aliphatic rings. The van der Waals surface area contributed by atoms with E-state index in [9.17, 15) is 4.79 Å². The van der Waals surface area contributed by atoms with E-state index in [1.165, 1.54) is 11.3 Å². The highest BCUT2D eigenvalue weighted by Crippen LogP contribution is 2.38. The van der Waals surface area contributed by atoms with Crippen LogP contribution in [0.4, 0.5) is 11.5 Å². The van der Waals surface area contributed by atoms with Crippen LogP contribution in [0, 0.1) is 0 Å². The Labute approximate surface area is 164 Å². The fourth-order valence-corrected chi connectivity index (χ4v) is 4.05. The Bertz CT molecular complexity index is 1130. The zero-order valence-electron chi connectivity index (χ0n) is 14.0. The summed E-state index contributed by atoms with van der Waals surface area (Å²) in [6, 6.07) is 13.4. The second kappa shape index (κ2) is 7.30. The molecule has 0 bridgehead atoms. The number of anilines is 2. The molecule has 6 nitrogen and oxygen atoms in total. The molecule has 4 aromatic rings. The number of thiophene rings is 1. The number of halogens is 1. The van der Waals surface area contributed by atoms with Gasteiger partial charge in [0.25, 0.3) is 0 Å². The molecule has 1 amide bonds. The highest BCUT2D eigenvalue weighted by Gasteiger charge is 2.16. The van der Waals surface area contributed by atoms with Gasteiger partial charge < -0.3 is 11.1 Å². The van der Waals surface area contributed by atoms with Crippen LogP contribution in [-0.2, 0) is 11.2 Å². The second-order valence-corrected chi connectivity index (χ2v) is 7.36. The molecule has 3 heterocycles. The maximum atomic E-state index is 11.4. The number of carbonyl (C=O) groups is 1. The van der Waals surface area contributed by atoms with Crippen molar-refractivity contribution in [3.63, 3.8) is 0 Å². The molecule has 0 saturated carbocycles. The first kappa shape index (κ1) is 17.4. The second-order valence-electron chi connectivity index (χ2n) is 5.87. The Balaban J connectivity index is 1.85. The van der Waals surface area contributed by atoms with E-state index in [0.29, 0.717) is 16.5 Å².